The normalized spacial score (nSPS) is 30.1. The molecule has 3 aliphatic rings. The first-order valence-corrected chi connectivity index (χ1v) is 10.8. The summed E-state index contributed by atoms with van der Waals surface area (Å²) in [6.45, 7) is 2.34. The number of para-hydroxylation sites is 1. The SMILES string of the molecule is Cn1nc(C2CCC(=O)NC2=O)c2cccc(NC3CCC4(CCNC4)CC3)c21. The second kappa shape index (κ2) is 7.13. The molecule has 2 amide bonds. The summed E-state index contributed by atoms with van der Waals surface area (Å²) in [7, 11) is 1.93. The van der Waals surface area contributed by atoms with Crippen LogP contribution in [-0.4, -0.2) is 40.7 Å². The van der Waals surface area contributed by atoms with E-state index in [9.17, 15) is 9.59 Å². The number of carbonyl (C=O) groups excluding carboxylic acids is 2. The predicted octanol–water partition coefficient (Wildman–Crippen LogP) is 2.43. The van der Waals surface area contributed by atoms with Crippen LogP contribution in [0.15, 0.2) is 18.2 Å². The molecule has 1 unspecified atom stereocenters. The lowest BCUT2D eigenvalue weighted by molar-refractivity contribution is -0.134. The first-order chi connectivity index (χ1) is 14.0. The largest absolute Gasteiger partial charge is 0.381 e. The number of aromatic nitrogens is 2. The minimum absolute atomic E-state index is 0.193. The first-order valence-electron chi connectivity index (χ1n) is 10.8. The summed E-state index contributed by atoms with van der Waals surface area (Å²) in [5.74, 6) is -0.792. The fourth-order valence-corrected chi connectivity index (χ4v) is 5.51. The standard InChI is InChI=1S/C22H29N5O2/c1-27-20-15(19(26-27)16-5-6-18(28)25-21(16)29)3-2-4-17(20)24-14-7-9-22(10-8-14)11-12-23-13-22/h2-4,14,16,23-24H,5-13H2,1H3,(H,25,28,29). The number of hydrogen-bond donors (Lipinski definition) is 3. The Hall–Kier alpha value is -2.41. The molecule has 1 atom stereocenters. The maximum absolute atomic E-state index is 12.4. The molecule has 3 heterocycles. The van der Waals surface area contributed by atoms with Crippen LogP contribution in [0.2, 0.25) is 0 Å². The number of rotatable bonds is 3. The van der Waals surface area contributed by atoms with E-state index in [4.69, 9.17) is 5.10 Å². The highest BCUT2D eigenvalue weighted by atomic mass is 16.2. The predicted molar refractivity (Wildman–Crippen MR) is 112 cm³/mol. The smallest absolute Gasteiger partial charge is 0.235 e. The molecule has 0 bridgehead atoms. The number of hydrogen-bond acceptors (Lipinski definition) is 5. The molecule has 154 valence electrons. The molecule has 1 aliphatic carbocycles. The molecule has 2 saturated heterocycles. The minimum Gasteiger partial charge on any atom is -0.381 e. The summed E-state index contributed by atoms with van der Waals surface area (Å²) in [6, 6.07) is 6.65. The van der Waals surface area contributed by atoms with Gasteiger partial charge in [-0.15, -0.1) is 0 Å². The van der Waals surface area contributed by atoms with Crippen molar-refractivity contribution < 1.29 is 9.59 Å². The van der Waals surface area contributed by atoms with Crippen LogP contribution in [0.5, 0.6) is 0 Å². The van der Waals surface area contributed by atoms with Gasteiger partial charge in [-0.25, -0.2) is 0 Å². The van der Waals surface area contributed by atoms with E-state index in [-0.39, 0.29) is 17.7 Å². The number of imide groups is 1. The summed E-state index contributed by atoms with van der Waals surface area (Å²) < 4.78 is 1.88. The number of amides is 2. The Kier molecular flexibility index (Phi) is 4.57. The van der Waals surface area contributed by atoms with Gasteiger partial charge in [-0.2, -0.15) is 5.10 Å². The van der Waals surface area contributed by atoms with E-state index in [2.05, 4.69) is 22.0 Å². The summed E-state index contributed by atoms with van der Waals surface area (Å²) in [5.41, 5.74) is 3.42. The Bertz CT molecular complexity index is 950. The van der Waals surface area contributed by atoms with Gasteiger partial charge in [0.2, 0.25) is 11.8 Å². The molecule has 3 fully saturated rings. The lowest BCUT2D eigenvalue weighted by Gasteiger charge is -2.37. The number of fused-ring (bicyclic) bond motifs is 1. The molecule has 0 radical (unpaired) electrons. The molecule has 3 N–H and O–H groups in total. The zero-order valence-electron chi connectivity index (χ0n) is 17.0. The number of aryl methyl sites for hydroxylation is 1. The Morgan fingerprint density at radius 3 is 2.72 bits per heavy atom. The summed E-state index contributed by atoms with van der Waals surface area (Å²) in [6.07, 6.45) is 7.14. The van der Waals surface area contributed by atoms with E-state index in [0.717, 1.165) is 28.8 Å². The lowest BCUT2D eigenvalue weighted by Crippen LogP contribution is -2.39. The number of piperidine rings is 1. The Balaban J connectivity index is 1.39. The highest BCUT2D eigenvalue weighted by Crippen LogP contribution is 2.42. The van der Waals surface area contributed by atoms with Crippen molar-refractivity contribution in [2.75, 3.05) is 18.4 Å². The molecule has 29 heavy (non-hydrogen) atoms. The fourth-order valence-electron chi connectivity index (χ4n) is 5.51. The Labute approximate surface area is 170 Å². The summed E-state index contributed by atoms with van der Waals surface area (Å²) >= 11 is 0. The van der Waals surface area contributed by atoms with Gasteiger partial charge in [0.25, 0.3) is 0 Å². The van der Waals surface area contributed by atoms with E-state index >= 15 is 0 Å². The van der Waals surface area contributed by atoms with E-state index in [1.165, 1.54) is 38.6 Å². The monoisotopic (exact) mass is 395 g/mol. The molecule has 1 saturated carbocycles. The fraction of sp³-hybridized carbons (Fsp3) is 0.591. The quantitative estimate of drug-likeness (QED) is 0.695. The van der Waals surface area contributed by atoms with Crippen molar-refractivity contribution in [1.29, 1.82) is 0 Å². The Morgan fingerprint density at radius 1 is 1.17 bits per heavy atom. The molecule has 2 aromatic rings. The van der Waals surface area contributed by atoms with Crippen molar-refractivity contribution in [1.82, 2.24) is 20.4 Å². The van der Waals surface area contributed by atoms with Crippen molar-refractivity contribution in [2.24, 2.45) is 12.5 Å². The second-order valence-electron chi connectivity index (χ2n) is 9.06. The molecule has 1 spiro atoms. The topological polar surface area (TPSA) is 88.0 Å². The van der Waals surface area contributed by atoms with Crippen LogP contribution in [0, 0.1) is 5.41 Å². The maximum atomic E-state index is 12.4. The van der Waals surface area contributed by atoms with Gasteiger partial charge in [0, 0.05) is 31.4 Å². The van der Waals surface area contributed by atoms with Gasteiger partial charge in [-0.3, -0.25) is 19.6 Å². The van der Waals surface area contributed by atoms with Crippen molar-refractivity contribution in [3.63, 3.8) is 0 Å². The first kappa shape index (κ1) is 18.6. The highest BCUT2D eigenvalue weighted by molar-refractivity contribution is 6.03. The average molecular weight is 396 g/mol. The van der Waals surface area contributed by atoms with Crippen LogP contribution < -0.4 is 16.0 Å². The Morgan fingerprint density at radius 2 is 2.00 bits per heavy atom. The summed E-state index contributed by atoms with van der Waals surface area (Å²) in [4.78, 5) is 23.9. The number of carbonyl (C=O) groups is 2. The van der Waals surface area contributed by atoms with Crippen LogP contribution in [-0.2, 0) is 16.6 Å². The van der Waals surface area contributed by atoms with Gasteiger partial charge >= 0.3 is 0 Å². The van der Waals surface area contributed by atoms with E-state index in [1.807, 2.05) is 23.9 Å². The lowest BCUT2D eigenvalue weighted by atomic mass is 9.72. The van der Waals surface area contributed by atoms with Crippen molar-refractivity contribution in [3.05, 3.63) is 23.9 Å². The van der Waals surface area contributed by atoms with E-state index in [0.29, 0.717) is 24.3 Å². The van der Waals surface area contributed by atoms with Crippen LogP contribution in [0.3, 0.4) is 0 Å². The molecule has 2 aliphatic heterocycles. The highest BCUT2D eigenvalue weighted by Gasteiger charge is 2.38. The zero-order chi connectivity index (χ0) is 20.0. The van der Waals surface area contributed by atoms with Crippen molar-refractivity contribution >= 4 is 28.4 Å². The van der Waals surface area contributed by atoms with Crippen LogP contribution in [0.25, 0.3) is 10.9 Å². The van der Waals surface area contributed by atoms with Crippen LogP contribution in [0.4, 0.5) is 5.69 Å². The third-order valence-electron chi connectivity index (χ3n) is 7.20. The second-order valence-corrected chi connectivity index (χ2v) is 9.06. The number of nitrogens with zero attached hydrogens (tertiary/aromatic N) is 2. The number of anilines is 1. The molecular weight excluding hydrogens is 366 g/mol. The zero-order valence-corrected chi connectivity index (χ0v) is 17.0. The maximum Gasteiger partial charge on any atom is 0.235 e. The molecule has 1 aromatic heterocycles. The van der Waals surface area contributed by atoms with Gasteiger partial charge in [0.05, 0.1) is 22.8 Å². The number of nitrogens with one attached hydrogen (secondary N) is 3. The van der Waals surface area contributed by atoms with Gasteiger partial charge in [-0.05, 0) is 56.6 Å². The van der Waals surface area contributed by atoms with Gasteiger partial charge in [-0.1, -0.05) is 12.1 Å². The average Bonchev–Trinajstić information content (AvgIpc) is 3.30. The summed E-state index contributed by atoms with van der Waals surface area (Å²) in [5, 5.41) is 15.5. The molecular formula is C22H29N5O2. The van der Waals surface area contributed by atoms with E-state index in [1.54, 1.807) is 0 Å². The van der Waals surface area contributed by atoms with Crippen LogP contribution in [0.1, 0.15) is 56.6 Å². The van der Waals surface area contributed by atoms with Crippen LogP contribution >= 0.6 is 0 Å². The van der Waals surface area contributed by atoms with Gasteiger partial charge < -0.3 is 10.6 Å². The molecule has 7 nitrogen and oxygen atoms in total. The minimum atomic E-state index is -0.365. The van der Waals surface area contributed by atoms with Gasteiger partial charge in [0.15, 0.2) is 0 Å². The molecule has 5 rings (SSSR count). The molecule has 7 heteroatoms. The third kappa shape index (κ3) is 3.31. The van der Waals surface area contributed by atoms with Crippen molar-refractivity contribution in [2.45, 2.75) is 56.9 Å². The van der Waals surface area contributed by atoms with E-state index < -0.39 is 0 Å². The third-order valence-corrected chi connectivity index (χ3v) is 7.20. The molecule has 1 aromatic carbocycles. The van der Waals surface area contributed by atoms with Crippen molar-refractivity contribution in [3.8, 4) is 0 Å². The van der Waals surface area contributed by atoms with Gasteiger partial charge in [0.1, 0.15) is 0 Å². The number of benzene rings is 1.